The molecule has 5 heteroatoms. The third kappa shape index (κ3) is 4.52. The van der Waals surface area contributed by atoms with Crippen LogP contribution in [0.5, 0.6) is 0 Å². The van der Waals surface area contributed by atoms with Gasteiger partial charge in [-0.05, 0) is 42.4 Å². The second kappa shape index (κ2) is 8.90. The quantitative estimate of drug-likeness (QED) is 0.373. The number of piperidine rings is 1. The van der Waals surface area contributed by atoms with Crippen molar-refractivity contribution >= 4 is 5.96 Å². The number of hydrogen-bond acceptors (Lipinski definition) is 3. The Morgan fingerprint density at radius 1 is 1.04 bits per heavy atom. The number of fused-ring (bicyclic) bond motifs is 1. The van der Waals surface area contributed by atoms with E-state index in [-0.39, 0.29) is 6.04 Å². The number of benzene rings is 2. The molecule has 0 aromatic heterocycles. The van der Waals surface area contributed by atoms with E-state index >= 15 is 0 Å². The zero-order valence-electron chi connectivity index (χ0n) is 16.1. The van der Waals surface area contributed by atoms with Crippen LogP contribution in [0.25, 0.3) is 0 Å². The number of aliphatic imine (C=N–C) groups is 1. The average Bonchev–Trinajstić information content (AvgIpc) is 3.13. The minimum Gasteiger partial charge on any atom is -0.353 e. The van der Waals surface area contributed by atoms with Crippen LogP contribution in [0.15, 0.2) is 59.6 Å². The van der Waals surface area contributed by atoms with Crippen LogP contribution in [-0.4, -0.2) is 30.0 Å². The Kier molecular flexibility index (Phi) is 5.89. The molecule has 2 N–H and O–H groups in total. The Labute approximate surface area is 167 Å². The smallest absolute Gasteiger partial charge is 0.205 e. The molecular weight excluding hydrogens is 346 g/mol. The lowest BCUT2D eigenvalue weighted by Gasteiger charge is -2.33. The lowest BCUT2D eigenvalue weighted by Crippen LogP contribution is -2.47. The van der Waals surface area contributed by atoms with Crippen molar-refractivity contribution in [2.24, 2.45) is 4.99 Å². The summed E-state index contributed by atoms with van der Waals surface area (Å²) in [6.45, 7) is 3.11. The van der Waals surface area contributed by atoms with Gasteiger partial charge in [0.15, 0.2) is 6.19 Å². The average molecular weight is 374 g/mol. The first kappa shape index (κ1) is 18.5. The third-order valence-corrected chi connectivity index (χ3v) is 5.74. The molecular formula is C23H27N5. The first-order chi connectivity index (χ1) is 13.8. The van der Waals surface area contributed by atoms with Gasteiger partial charge in [-0.15, -0.1) is 0 Å². The molecule has 2 aromatic carbocycles. The highest BCUT2D eigenvalue weighted by Gasteiger charge is 2.24. The Bertz CT molecular complexity index is 847. The highest BCUT2D eigenvalue weighted by molar-refractivity contribution is 5.81. The highest BCUT2D eigenvalue weighted by atomic mass is 15.2. The molecule has 1 atom stereocenters. The molecule has 2 aliphatic rings. The number of hydrogen-bond donors (Lipinski definition) is 2. The van der Waals surface area contributed by atoms with Gasteiger partial charge < -0.3 is 5.32 Å². The van der Waals surface area contributed by atoms with E-state index in [9.17, 15) is 0 Å². The Balaban J connectivity index is 1.34. The van der Waals surface area contributed by atoms with Crippen LogP contribution in [0.2, 0.25) is 0 Å². The van der Waals surface area contributed by atoms with Gasteiger partial charge >= 0.3 is 0 Å². The SMILES string of the molecule is N#CNC(=NC1CCc2ccccc21)NC1CCN(Cc2ccccc2)CC1. The minimum atomic E-state index is 0.137. The van der Waals surface area contributed by atoms with Crippen molar-refractivity contribution in [1.29, 1.82) is 5.26 Å². The van der Waals surface area contributed by atoms with Crippen molar-refractivity contribution in [2.75, 3.05) is 13.1 Å². The van der Waals surface area contributed by atoms with Gasteiger partial charge in [-0.25, -0.2) is 4.99 Å². The zero-order chi connectivity index (χ0) is 19.2. The van der Waals surface area contributed by atoms with Gasteiger partial charge in [0.2, 0.25) is 5.96 Å². The fraction of sp³-hybridized carbons (Fsp3) is 0.391. The summed E-state index contributed by atoms with van der Waals surface area (Å²) in [6, 6.07) is 19.6. The molecule has 0 bridgehead atoms. The molecule has 1 heterocycles. The summed E-state index contributed by atoms with van der Waals surface area (Å²) in [4.78, 5) is 7.34. The van der Waals surface area contributed by atoms with Crippen LogP contribution in [0.1, 0.15) is 42.0 Å². The standard InChI is InChI=1S/C23H27N5/c24-17-25-23(27-22-11-10-19-8-4-5-9-21(19)22)26-20-12-14-28(15-13-20)16-18-6-2-1-3-7-18/h1-9,20,22H,10-16H2,(H2,25,26,27). The molecule has 0 amide bonds. The largest absolute Gasteiger partial charge is 0.353 e. The van der Waals surface area contributed by atoms with E-state index < -0.39 is 0 Å². The molecule has 28 heavy (non-hydrogen) atoms. The topological polar surface area (TPSA) is 63.5 Å². The van der Waals surface area contributed by atoms with Crippen LogP contribution in [0.4, 0.5) is 0 Å². The summed E-state index contributed by atoms with van der Waals surface area (Å²) in [5, 5.41) is 15.4. The molecule has 144 valence electrons. The number of nitriles is 1. The number of guanidine groups is 1. The van der Waals surface area contributed by atoms with Crippen molar-refractivity contribution in [3.8, 4) is 6.19 Å². The van der Waals surface area contributed by atoms with E-state index in [2.05, 4.69) is 70.1 Å². The van der Waals surface area contributed by atoms with Gasteiger partial charge in [0.05, 0.1) is 6.04 Å². The van der Waals surface area contributed by atoms with Gasteiger partial charge in [0.1, 0.15) is 0 Å². The molecule has 0 radical (unpaired) electrons. The first-order valence-corrected chi connectivity index (χ1v) is 10.2. The molecule has 1 aliphatic heterocycles. The van der Waals surface area contributed by atoms with Crippen molar-refractivity contribution in [3.05, 3.63) is 71.3 Å². The van der Waals surface area contributed by atoms with Crippen molar-refractivity contribution in [2.45, 2.75) is 44.3 Å². The van der Waals surface area contributed by atoms with E-state index in [4.69, 9.17) is 10.3 Å². The molecule has 0 saturated carbocycles. The second-order valence-corrected chi connectivity index (χ2v) is 7.65. The van der Waals surface area contributed by atoms with Gasteiger partial charge in [-0.1, -0.05) is 54.6 Å². The number of likely N-dealkylation sites (tertiary alicyclic amines) is 1. The summed E-state index contributed by atoms with van der Waals surface area (Å²) in [5.41, 5.74) is 4.03. The fourth-order valence-electron chi connectivity index (χ4n) is 4.25. The molecule has 0 spiro atoms. The van der Waals surface area contributed by atoms with Crippen molar-refractivity contribution in [3.63, 3.8) is 0 Å². The molecule has 1 unspecified atom stereocenters. The monoisotopic (exact) mass is 373 g/mol. The summed E-state index contributed by atoms with van der Waals surface area (Å²) >= 11 is 0. The second-order valence-electron chi connectivity index (χ2n) is 7.65. The van der Waals surface area contributed by atoms with Gasteiger partial charge in [-0.2, -0.15) is 5.26 Å². The molecule has 4 rings (SSSR count). The summed E-state index contributed by atoms with van der Waals surface area (Å²) in [7, 11) is 0. The lowest BCUT2D eigenvalue weighted by atomic mass is 10.0. The van der Waals surface area contributed by atoms with Gasteiger partial charge in [-0.3, -0.25) is 10.2 Å². The van der Waals surface area contributed by atoms with E-state index in [0.717, 1.165) is 45.3 Å². The van der Waals surface area contributed by atoms with Crippen LogP contribution < -0.4 is 10.6 Å². The van der Waals surface area contributed by atoms with Crippen molar-refractivity contribution in [1.82, 2.24) is 15.5 Å². The zero-order valence-corrected chi connectivity index (χ0v) is 16.1. The maximum Gasteiger partial charge on any atom is 0.205 e. The number of rotatable bonds is 4. The Morgan fingerprint density at radius 3 is 2.57 bits per heavy atom. The minimum absolute atomic E-state index is 0.137. The predicted octanol–water partition coefficient (Wildman–Crippen LogP) is 3.35. The fourth-order valence-corrected chi connectivity index (χ4v) is 4.25. The summed E-state index contributed by atoms with van der Waals surface area (Å²) in [6.07, 6.45) is 6.22. The number of nitrogens with zero attached hydrogens (tertiary/aromatic N) is 3. The van der Waals surface area contributed by atoms with Crippen LogP contribution >= 0.6 is 0 Å². The van der Waals surface area contributed by atoms with E-state index in [1.807, 2.05) is 6.19 Å². The number of nitrogens with one attached hydrogen (secondary N) is 2. The first-order valence-electron chi connectivity index (χ1n) is 10.2. The van der Waals surface area contributed by atoms with E-state index in [0.29, 0.717) is 12.0 Å². The predicted molar refractivity (Wildman–Crippen MR) is 112 cm³/mol. The Morgan fingerprint density at radius 2 is 1.79 bits per heavy atom. The van der Waals surface area contributed by atoms with Crippen LogP contribution in [-0.2, 0) is 13.0 Å². The normalized spacial score (nSPS) is 20.4. The summed E-state index contributed by atoms with van der Waals surface area (Å²) in [5.74, 6) is 0.616. The van der Waals surface area contributed by atoms with E-state index in [1.54, 1.807) is 0 Å². The maximum atomic E-state index is 9.15. The number of aryl methyl sites for hydroxylation is 1. The molecule has 1 fully saturated rings. The van der Waals surface area contributed by atoms with Crippen LogP contribution in [0, 0.1) is 11.5 Å². The highest BCUT2D eigenvalue weighted by Crippen LogP contribution is 2.33. The van der Waals surface area contributed by atoms with Crippen molar-refractivity contribution < 1.29 is 0 Å². The maximum absolute atomic E-state index is 9.15. The lowest BCUT2D eigenvalue weighted by molar-refractivity contribution is 0.198. The molecule has 1 saturated heterocycles. The van der Waals surface area contributed by atoms with Gasteiger partial charge in [0.25, 0.3) is 0 Å². The summed E-state index contributed by atoms with van der Waals surface area (Å²) < 4.78 is 0. The molecule has 5 nitrogen and oxygen atoms in total. The van der Waals surface area contributed by atoms with Gasteiger partial charge in [0, 0.05) is 25.7 Å². The van der Waals surface area contributed by atoms with Crippen LogP contribution in [0.3, 0.4) is 0 Å². The van der Waals surface area contributed by atoms with E-state index in [1.165, 1.54) is 16.7 Å². The Hall–Kier alpha value is -2.84. The third-order valence-electron chi connectivity index (χ3n) is 5.74. The molecule has 1 aliphatic carbocycles. The molecule has 2 aromatic rings.